The maximum atomic E-state index is 13.6. The molecule has 0 spiro atoms. The van der Waals surface area contributed by atoms with E-state index in [1.165, 1.54) is 18.2 Å². The molecule has 2 aromatic rings. The number of nitrogen functional groups attached to an aromatic ring is 1. The van der Waals surface area contributed by atoms with Crippen molar-refractivity contribution in [2.24, 2.45) is 0 Å². The van der Waals surface area contributed by atoms with Crippen LogP contribution in [0.3, 0.4) is 0 Å². The molecular formula is C13H7BrF5NO. The van der Waals surface area contributed by atoms with Gasteiger partial charge in [0, 0.05) is 11.8 Å². The average Bonchev–Trinajstić information content (AvgIpc) is 2.36. The monoisotopic (exact) mass is 367 g/mol. The number of halogens is 6. The molecule has 8 heteroatoms. The standard InChI is InChI=1S/C13H7BrF5NO/c14-8-2-1-7(20)5-11(8)21-12-9(15)3-6(4-10(12)16)13(17,18)19/h1-5H,20H2. The Kier molecular flexibility index (Phi) is 4.08. The highest BCUT2D eigenvalue weighted by Crippen LogP contribution is 2.37. The number of rotatable bonds is 2. The van der Waals surface area contributed by atoms with Crippen LogP contribution in [0.25, 0.3) is 0 Å². The lowest BCUT2D eigenvalue weighted by Gasteiger charge is -2.12. The normalized spacial score (nSPS) is 11.5. The molecule has 0 unspecified atom stereocenters. The number of benzene rings is 2. The first kappa shape index (κ1) is 15.6. The molecule has 0 aliphatic heterocycles. The number of alkyl halides is 3. The minimum absolute atomic E-state index is 0.0208. The van der Waals surface area contributed by atoms with Crippen LogP contribution in [0.5, 0.6) is 11.5 Å². The van der Waals surface area contributed by atoms with Crippen molar-refractivity contribution in [3.05, 3.63) is 52.0 Å². The summed E-state index contributed by atoms with van der Waals surface area (Å²) in [6.45, 7) is 0. The first-order valence-electron chi connectivity index (χ1n) is 5.47. The van der Waals surface area contributed by atoms with Crippen LogP contribution in [0.1, 0.15) is 5.56 Å². The summed E-state index contributed by atoms with van der Waals surface area (Å²) in [6, 6.07) is 4.60. The Morgan fingerprint density at radius 1 is 1.00 bits per heavy atom. The summed E-state index contributed by atoms with van der Waals surface area (Å²) in [5.74, 6) is -3.88. The zero-order valence-corrected chi connectivity index (χ0v) is 11.7. The summed E-state index contributed by atoms with van der Waals surface area (Å²) in [5, 5.41) is 0. The lowest BCUT2D eigenvalue weighted by atomic mass is 10.2. The second-order valence-corrected chi connectivity index (χ2v) is 4.91. The van der Waals surface area contributed by atoms with Crippen molar-refractivity contribution in [3.8, 4) is 11.5 Å². The second-order valence-electron chi connectivity index (χ2n) is 4.06. The predicted molar refractivity (Wildman–Crippen MR) is 70.0 cm³/mol. The largest absolute Gasteiger partial charge is 0.450 e. The molecule has 0 atom stereocenters. The SMILES string of the molecule is Nc1ccc(Br)c(Oc2c(F)cc(C(F)(F)F)cc2F)c1. The topological polar surface area (TPSA) is 35.2 Å². The molecule has 0 radical (unpaired) electrons. The van der Waals surface area contributed by atoms with Gasteiger partial charge in [0.25, 0.3) is 0 Å². The first-order chi connectivity index (χ1) is 9.68. The van der Waals surface area contributed by atoms with Gasteiger partial charge < -0.3 is 10.5 Å². The Morgan fingerprint density at radius 2 is 1.57 bits per heavy atom. The van der Waals surface area contributed by atoms with Crippen LogP contribution in [0.2, 0.25) is 0 Å². The molecule has 2 rings (SSSR count). The van der Waals surface area contributed by atoms with Crippen LogP contribution >= 0.6 is 15.9 Å². The van der Waals surface area contributed by atoms with Crippen molar-refractivity contribution in [1.29, 1.82) is 0 Å². The lowest BCUT2D eigenvalue weighted by Crippen LogP contribution is -2.07. The molecule has 0 saturated heterocycles. The van der Waals surface area contributed by atoms with E-state index >= 15 is 0 Å². The molecule has 0 amide bonds. The van der Waals surface area contributed by atoms with Crippen LogP contribution in [0, 0.1) is 11.6 Å². The van der Waals surface area contributed by atoms with Crippen LogP contribution in [0.15, 0.2) is 34.8 Å². The van der Waals surface area contributed by atoms with Gasteiger partial charge in [-0.15, -0.1) is 0 Å². The molecule has 0 aromatic heterocycles. The van der Waals surface area contributed by atoms with E-state index in [1.54, 1.807) is 0 Å². The molecule has 0 bridgehead atoms. The van der Waals surface area contributed by atoms with E-state index in [9.17, 15) is 22.0 Å². The van der Waals surface area contributed by atoms with Crippen molar-refractivity contribution in [2.75, 3.05) is 5.73 Å². The highest BCUT2D eigenvalue weighted by Gasteiger charge is 2.33. The van der Waals surface area contributed by atoms with Gasteiger partial charge >= 0.3 is 6.18 Å². The quantitative estimate of drug-likeness (QED) is 0.590. The van der Waals surface area contributed by atoms with Gasteiger partial charge in [-0.25, -0.2) is 8.78 Å². The third kappa shape index (κ3) is 3.44. The molecule has 2 aromatic carbocycles. The van der Waals surface area contributed by atoms with Gasteiger partial charge in [-0.05, 0) is 40.2 Å². The molecule has 0 aliphatic carbocycles. The average molecular weight is 368 g/mol. The van der Waals surface area contributed by atoms with E-state index in [0.717, 1.165) is 0 Å². The summed E-state index contributed by atoms with van der Waals surface area (Å²) >= 11 is 3.08. The predicted octanol–water partition coefficient (Wildman–Crippen LogP) is 5.12. The summed E-state index contributed by atoms with van der Waals surface area (Å²) in [7, 11) is 0. The number of hydrogen-bond acceptors (Lipinski definition) is 2. The van der Waals surface area contributed by atoms with Gasteiger partial charge in [0.05, 0.1) is 10.0 Å². The molecule has 2 N–H and O–H groups in total. The van der Waals surface area contributed by atoms with Crippen molar-refractivity contribution < 1.29 is 26.7 Å². The fraction of sp³-hybridized carbons (Fsp3) is 0.0769. The van der Waals surface area contributed by atoms with Crippen LogP contribution in [0.4, 0.5) is 27.6 Å². The van der Waals surface area contributed by atoms with Gasteiger partial charge in [0.1, 0.15) is 5.75 Å². The zero-order valence-electron chi connectivity index (χ0n) is 10.1. The number of nitrogens with two attached hydrogens (primary N) is 1. The van der Waals surface area contributed by atoms with E-state index in [2.05, 4.69) is 15.9 Å². The van der Waals surface area contributed by atoms with E-state index in [0.29, 0.717) is 4.47 Å². The molecule has 0 heterocycles. The maximum absolute atomic E-state index is 13.6. The lowest BCUT2D eigenvalue weighted by molar-refractivity contribution is -0.138. The smallest absolute Gasteiger partial charge is 0.416 e. The van der Waals surface area contributed by atoms with E-state index in [4.69, 9.17) is 10.5 Å². The fourth-order valence-corrected chi connectivity index (χ4v) is 1.86. The molecule has 0 aliphatic rings. The number of ether oxygens (including phenoxy) is 1. The highest BCUT2D eigenvalue weighted by atomic mass is 79.9. The summed E-state index contributed by atoms with van der Waals surface area (Å²) in [6.07, 6.45) is -4.85. The Bertz CT molecular complexity index is 664. The minimum Gasteiger partial charge on any atom is -0.450 e. The minimum atomic E-state index is -4.85. The van der Waals surface area contributed by atoms with Crippen molar-refractivity contribution in [1.82, 2.24) is 0 Å². The van der Waals surface area contributed by atoms with E-state index < -0.39 is 29.1 Å². The molecule has 0 fully saturated rings. The Morgan fingerprint density at radius 3 is 2.10 bits per heavy atom. The van der Waals surface area contributed by atoms with Crippen LogP contribution < -0.4 is 10.5 Å². The fourth-order valence-electron chi connectivity index (χ4n) is 1.53. The summed E-state index contributed by atoms with van der Waals surface area (Å²) < 4.78 is 69.9. The van der Waals surface area contributed by atoms with Gasteiger partial charge in [-0.1, -0.05) is 0 Å². The summed E-state index contributed by atoms with van der Waals surface area (Å²) in [4.78, 5) is 0. The Balaban J connectivity index is 2.44. The third-order valence-corrected chi connectivity index (χ3v) is 3.15. The first-order valence-corrected chi connectivity index (χ1v) is 6.27. The van der Waals surface area contributed by atoms with Gasteiger partial charge in [0.2, 0.25) is 0 Å². The van der Waals surface area contributed by atoms with Gasteiger partial charge in [-0.2, -0.15) is 13.2 Å². The van der Waals surface area contributed by atoms with Crippen LogP contribution in [-0.2, 0) is 6.18 Å². The van der Waals surface area contributed by atoms with Crippen molar-refractivity contribution in [2.45, 2.75) is 6.18 Å². The molecular weight excluding hydrogens is 361 g/mol. The second kappa shape index (κ2) is 5.51. The van der Waals surface area contributed by atoms with Gasteiger partial charge in [0.15, 0.2) is 17.4 Å². The van der Waals surface area contributed by atoms with Crippen LogP contribution in [-0.4, -0.2) is 0 Å². The molecule has 0 saturated carbocycles. The Labute approximate surface area is 124 Å². The number of hydrogen-bond donors (Lipinski definition) is 1. The van der Waals surface area contributed by atoms with Gasteiger partial charge in [-0.3, -0.25) is 0 Å². The van der Waals surface area contributed by atoms with E-state index in [-0.39, 0.29) is 23.6 Å². The molecule has 2 nitrogen and oxygen atoms in total. The maximum Gasteiger partial charge on any atom is 0.416 e. The third-order valence-electron chi connectivity index (χ3n) is 2.49. The van der Waals surface area contributed by atoms with Crippen molar-refractivity contribution >= 4 is 21.6 Å². The Hall–Kier alpha value is -1.83. The summed E-state index contributed by atoms with van der Waals surface area (Å²) in [5.41, 5.74) is 4.33. The van der Waals surface area contributed by atoms with E-state index in [1.807, 2.05) is 0 Å². The highest BCUT2D eigenvalue weighted by molar-refractivity contribution is 9.10. The molecule has 112 valence electrons. The zero-order chi connectivity index (χ0) is 15.8. The molecule has 21 heavy (non-hydrogen) atoms. The van der Waals surface area contributed by atoms with Crippen molar-refractivity contribution in [3.63, 3.8) is 0 Å². The number of anilines is 1.